The molecule has 2 rings (SSSR count). The number of aromatic nitrogens is 3. The normalized spacial score (nSPS) is 12.5. The number of primary amides is 1. The third-order valence-corrected chi connectivity index (χ3v) is 2.77. The van der Waals surface area contributed by atoms with Crippen molar-refractivity contribution in [1.82, 2.24) is 14.6 Å². The highest BCUT2D eigenvalue weighted by molar-refractivity contribution is 5.82. The lowest BCUT2D eigenvalue weighted by Gasteiger charge is -2.15. The van der Waals surface area contributed by atoms with E-state index in [0.717, 1.165) is 18.5 Å². The SMILES string of the molecule is CCCc1cc(N[C@@H](CO)C(N)=O)n2nccc2n1. The molecule has 0 saturated carbocycles. The Morgan fingerprint density at radius 3 is 3.05 bits per heavy atom. The molecule has 7 nitrogen and oxygen atoms in total. The molecule has 1 amide bonds. The summed E-state index contributed by atoms with van der Waals surface area (Å²) in [5.74, 6) is -0.0204. The molecule has 0 aromatic carbocycles. The van der Waals surface area contributed by atoms with Crippen LogP contribution in [-0.2, 0) is 11.2 Å². The largest absolute Gasteiger partial charge is 0.394 e. The lowest BCUT2D eigenvalue weighted by Crippen LogP contribution is -2.39. The van der Waals surface area contributed by atoms with Crippen molar-refractivity contribution >= 4 is 17.4 Å². The number of hydrogen-bond donors (Lipinski definition) is 3. The van der Waals surface area contributed by atoms with E-state index in [9.17, 15) is 4.79 Å². The van der Waals surface area contributed by atoms with Crippen molar-refractivity contribution < 1.29 is 9.90 Å². The molecule has 102 valence electrons. The van der Waals surface area contributed by atoms with Crippen LogP contribution in [0.5, 0.6) is 0 Å². The summed E-state index contributed by atoms with van der Waals surface area (Å²) >= 11 is 0. The number of nitrogens with one attached hydrogen (secondary N) is 1. The van der Waals surface area contributed by atoms with E-state index in [1.165, 1.54) is 0 Å². The molecule has 2 heterocycles. The minimum Gasteiger partial charge on any atom is -0.394 e. The number of anilines is 1. The number of nitrogens with two attached hydrogens (primary N) is 1. The number of nitrogens with zero attached hydrogens (tertiary/aromatic N) is 3. The summed E-state index contributed by atoms with van der Waals surface area (Å²) in [6.07, 6.45) is 3.42. The number of aryl methyl sites for hydroxylation is 1. The fourth-order valence-electron chi connectivity index (χ4n) is 1.84. The Bertz CT molecular complexity index is 581. The molecule has 2 aromatic heterocycles. The molecule has 0 aliphatic carbocycles. The van der Waals surface area contributed by atoms with E-state index in [2.05, 4.69) is 22.3 Å². The van der Waals surface area contributed by atoms with Gasteiger partial charge >= 0.3 is 0 Å². The Morgan fingerprint density at radius 2 is 2.42 bits per heavy atom. The summed E-state index contributed by atoms with van der Waals surface area (Å²) in [5, 5.41) is 16.2. The van der Waals surface area contributed by atoms with Crippen molar-refractivity contribution in [3.8, 4) is 0 Å². The van der Waals surface area contributed by atoms with E-state index < -0.39 is 11.9 Å². The first-order valence-corrected chi connectivity index (χ1v) is 6.16. The van der Waals surface area contributed by atoms with E-state index in [1.54, 1.807) is 16.8 Å². The molecule has 0 aliphatic heterocycles. The van der Waals surface area contributed by atoms with Crippen molar-refractivity contribution in [3.05, 3.63) is 24.0 Å². The highest BCUT2D eigenvalue weighted by Crippen LogP contribution is 2.14. The van der Waals surface area contributed by atoms with E-state index in [1.807, 2.05) is 6.07 Å². The fraction of sp³-hybridized carbons (Fsp3) is 0.417. The second kappa shape index (κ2) is 5.66. The second-order valence-corrected chi connectivity index (χ2v) is 4.27. The molecule has 0 fully saturated rings. The van der Waals surface area contributed by atoms with Gasteiger partial charge in [0.1, 0.15) is 11.9 Å². The summed E-state index contributed by atoms with van der Waals surface area (Å²) in [6, 6.07) is 2.75. The van der Waals surface area contributed by atoms with Crippen LogP contribution in [0.2, 0.25) is 0 Å². The van der Waals surface area contributed by atoms with Crippen molar-refractivity contribution in [2.75, 3.05) is 11.9 Å². The predicted octanol–water partition coefficient (Wildman–Crippen LogP) is -0.0601. The second-order valence-electron chi connectivity index (χ2n) is 4.27. The molecule has 4 N–H and O–H groups in total. The fourth-order valence-corrected chi connectivity index (χ4v) is 1.84. The van der Waals surface area contributed by atoms with Gasteiger partial charge in [0.25, 0.3) is 0 Å². The van der Waals surface area contributed by atoms with Crippen LogP contribution in [0.1, 0.15) is 19.0 Å². The monoisotopic (exact) mass is 263 g/mol. The van der Waals surface area contributed by atoms with Crippen LogP contribution in [0.4, 0.5) is 5.82 Å². The van der Waals surface area contributed by atoms with E-state index >= 15 is 0 Å². The molecule has 1 atom stereocenters. The van der Waals surface area contributed by atoms with Gasteiger partial charge in [0.15, 0.2) is 5.65 Å². The van der Waals surface area contributed by atoms with Crippen molar-refractivity contribution in [2.45, 2.75) is 25.8 Å². The standard InChI is InChI=1S/C12H17N5O2/c1-2-3-8-6-11(16-9(7-18)12(13)19)17-10(15-8)4-5-14-17/h4-6,9,16,18H,2-3,7H2,1H3,(H2,13,19)/t9-/m0/s1. The number of carbonyl (C=O) groups is 1. The Kier molecular flexibility index (Phi) is 3.96. The molecular weight excluding hydrogens is 246 g/mol. The molecule has 0 saturated heterocycles. The van der Waals surface area contributed by atoms with Gasteiger partial charge in [-0.05, 0) is 6.42 Å². The maximum absolute atomic E-state index is 11.2. The van der Waals surface area contributed by atoms with E-state index in [4.69, 9.17) is 10.8 Å². The Balaban J connectivity index is 2.39. The third kappa shape index (κ3) is 2.82. The molecule has 0 radical (unpaired) electrons. The molecular formula is C12H17N5O2. The predicted molar refractivity (Wildman–Crippen MR) is 70.7 cm³/mol. The van der Waals surface area contributed by atoms with Crippen LogP contribution in [-0.4, -0.2) is 38.3 Å². The van der Waals surface area contributed by atoms with Gasteiger partial charge < -0.3 is 16.2 Å². The van der Waals surface area contributed by atoms with Gasteiger partial charge in [-0.2, -0.15) is 9.61 Å². The van der Waals surface area contributed by atoms with Crippen LogP contribution in [0.15, 0.2) is 18.3 Å². The molecule has 0 aliphatic rings. The molecule has 19 heavy (non-hydrogen) atoms. The third-order valence-electron chi connectivity index (χ3n) is 2.77. The highest BCUT2D eigenvalue weighted by Gasteiger charge is 2.16. The van der Waals surface area contributed by atoms with Gasteiger partial charge in [-0.1, -0.05) is 13.3 Å². The number of carbonyl (C=O) groups excluding carboxylic acids is 1. The van der Waals surface area contributed by atoms with Crippen LogP contribution >= 0.6 is 0 Å². The van der Waals surface area contributed by atoms with Gasteiger partial charge in [0, 0.05) is 17.8 Å². The van der Waals surface area contributed by atoms with Gasteiger partial charge in [-0.3, -0.25) is 4.79 Å². The van der Waals surface area contributed by atoms with Gasteiger partial charge in [0.2, 0.25) is 5.91 Å². The highest BCUT2D eigenvalue weighted by atomic mass is 16.3. The summed E-state index contributed by atoms with van der Waals surface area (Å²) < 4.78 is 1.57. The first-order chi connectivity index (χ1) is 9.15. The lowest BCUT2D eigenvalue weighted by molar-refractivity contribution is -0.119. The number of aliphatic hydroxyl groups is 1. The lowest BCUT2D eigenvalue weighted by atomic mass is 10.2. The van der Waals surface area contributed by atoms with Gasteiger partial charge in [-0.25, -0.2) is 4.98 Å². The number of aliphatic hydroxyl groups excluding tert-OH is 1. The summed E-state index contributed by atoms with van der Waals surface area (Å²) in [5.41, 5.74) is 6.80. The summed E-state index contributed by atoms with van der Waals surface area (Å²) in [4.78, 5) is 15.6. The van der Waals surface area contributed by atoms with Crippen LogP contribution in [0.3, 0.4) is 0 Å². The molecule has 2 aromatic rings. The van der Waals surface area contributed by atoms with Gasteiger partial charge in [0.05, 0.1) is 12.8 Å². The van der Waals surface area contributed by atoms with Crippen molar-refractivity contribution in [1.29, 1.82) is 0 Å². The maximum Gasteiger partial charge on any atom is 0.242 e. The average molecular weight is 263 g/mol. The molecule has 7 heteroatoms. The topological polar surface area (TPSA) is 106 Å². The zero-order chi connectivity index (χ0) is 13.8. The number of rotatable bonds is 6. The first-order valence-electron chi connectivity index (χ1n) is 6.16. The Labute approximate surface area is 110 Å². The zero-order valence-electron chi connectivity index (χ0n) is 10.7. The first kappa shape index (κ1) is 13.3. The molecule has 0 unspecified atom stereocenters. The molecule has 0 bridgehead atoms. The minimum absolute atomic E-state index is 0.371. The van der Waals surface area contributed by atoms with Crippen molar-refractivity contribution in [3.63, 3.8) is 0 Å². The van der Waals surface area contributed by atoms with Crippen LogP contribution < -0.4 is 11.1 Å². The Morgan fingerprint density at radius 1 is 1.63 bits per heavy atom. The molecule has 0 spiro atoms. The maximum atomic E-state index is 11.2. The number of hydrogen-bond acceptors (Lipinski definition) is 5. The van der Waals surface area contributed by atoms with Gasteiger partial charge in [-0.15, -0.1) is 0 Å². The van der Waals surface area contributed by atoms with Crippen LogP contribution in [0, 0.1) is 0 Å². The zero-order valence-corrected chi connectivity index (χ0v) is 10.7. The smallest absolute Gasteiger partial charge is 0.242 e. The number of fused-ring (bicyclic) bond motifs is 1. The quantitative estimate of drug-likeness (QED) is 0.677. The average Bonchev–Trinajstić information content (AvgIpc) is 2.84. The minimum atomic E-state index is -0.843. The van der Waals surface area contributed by atoms with Crippen molar-refractivity contribution in [2.24, 2.45) is 5.73 Å². The summed E-state index contributed by atoms with van der Waals surface area (Å²) in [6.45, 7) is 1.69. The summed E-state index contributed by atoms with van der Waals surface area (Å²) in [7, 11) is 0. The van der Waals surface area contributed by atoms with E-state index in [-0.39, 0.29) is 6.61 Å². The Hall–Kier alpha value is -2.15. The van der Waals surface area contributed by atoms with E-state index in [0.29, 0.717) is 11.5 Å². The van der Waals surface area contributed by atoms with Crippen LogP contribution in [0.25, 0.3) is 5.65 Å². The number of amides is 1.